The van der Waals surface area contributed by atoms with Gasteiger partial charge in [-0.2, -0.15) is 0 Å². The van der Waals surface area contributed by atoms with Crippen LogP contribution < -0.4 is 0 Å². The highest BCUT2D eigenvalue weighted by Gasteiger charge is 2.18. The average molecular weight is 308 g/mol. The number of unbranched alkanes of at least 4 members (excludes halogenated alkanes) is 1. The van der Waals surface area contributed by atoms with E-state index in [1.54, 1.807) is 0 Å². The van der Waals surface area contributed by atoms with Crippen LogP contribution in [-0.2, 0) is 4.79 Å². The van der Waals surface area contributed by atoms with E-state index in [9.17, 15) is 4.79 Å². The molecular formula is C22H28O. The van der Waals surface area contributed by atoms with Gasteiger partial charge in [0, 0.05) is 12.8 Å². The van der Waals surface area contributed by atoms with Gasteiger partial charge in [-0.15, -0.1) is 0 Å². The second-order valence-corrected chi connectivity index (χ2v) is 6.48. The van der Waals surface area contributed by atoms with Crippen LogP contribution in [0, 0.1) is 5.92 Å². The number of benzene rings is 1. The molecule has 0 unspecified atom stereocenters. The molecule has 1 heteroatoms. The molecule has 0 N–H and O–H groups in total. The lowest BCUT2D eigenvalue weighted by Gasteiger charge is -2.04. The molecule has 1 aliphatic carbocycles. The van der Waals surface area contributed by atoms with Crippen molar-refractivity contribution >= 4 is 17.9 Å². The summed E-state index contributed by atoms with van der Waals surface area (Å²) in [5.74, 6) is 0.935. The fraction of sp³-hybridized carbons (Fsp3) is 0.409. The van der Waals surface area contributed by atoms with Gasteiger partial charge >= 0.3 is 0 Å². The Labute approximate surface area is 140 Å². The van der Waals surface area contributed by atoms with Crippen LogP contribution in [0.15, 0.2) is 48.1 Å². The van der Waals surface area contributed by atoms with E-state index >= 15 is 0 Å². The van der Waals surface area contributed by atoms with Gasteiger partial charge in [0.2, 0.25) is 0 Å². The predicted molar refractivity (Wildman–Crippen MR) is 100 cm³/mol. The standard InChI is InChI=1S/C22H28O/c1-3-9-20-12-7-8-13-21(20)16-18(2)10-5-4-6-11-19-14-15-22(23)17-19/h3,6-9,11-13,16,19H,4-5,10,14-15,17H2,1-2H3/b9-3-,11-6+,18-16+/t19-/m0/s1. The summed E-state index contributed by atoms with van der Waals surface area (Å²) >= 11 is 0. The van der Waals surface area contributed by atoms with Crippen molar-refractivity contribution in [3.63, 3.8) is 0 Å². The normalized spacial score (nSPS) is 19.3. The number of hydrogen-bond donors (Lipinski definition) is 0. The molecule has 0 aromatic heterocycles. The molecule has 1 atom stereocenters. The van der Waals surface area contributed by atoms with Crippen LogP contribution in [0.1, 0.15) is 63.5 Å². The van der Waals surface area contributed by atoms with Crippen molar-refractivity contribution in [2.75, 3.05) is 0 Å². The van der Waals surface area contributed by atoms with Crippen molar-refractivity contribution in [2.24, 2.45) is 5.92 Å². The number of allylic oxidation sites excluding steroid dienone is 4. The van der Waals surface area contributed by atoms with Crippen LogP contribution in [0.4, 0.5) is 0 Å². The lowest BCUT2D eigenvalue weighted by molar-refractivity contribution is -0.117. The molecule has 0 aliphatic heterocycles. The van der Waals surface area contributed by atoms with Crippen molar-refractivity contribution in [3.8, 4) is 0 Å². The van der Waals surface area contributed by atoms with Crippen LogP contribution in [0.2, 0.25) is 0 Å². The average Bonchev–Trinajstić information content (AvgIpc) is 2.95. The van der Waals surface area contributed by atoms with Gasteiger partial charge in [-0.1, -0.05) is 60.2 Å². The summed E-state index contributed by atoms with van der Waals surface area (Å²) in [6.45, 7) is 4.27. The summed E-state index contributed by atoms with van der Waals surface area (Å²) in [5.41, 5.74) is 4.00. The Hall–Kier alpha value is -1.89. The summed E-state index contributed by atoms with van der Waals surface area (Å²) in [5, 5.41) is 0. The zero-order chi connectivity index (χ0) is 16.5. The van der Waals surface area contributed by atoms with Crippen molar-refractivity contribution in [2.45, 2.75) is 52.4 Å². The molecule has 0 radical (unpaired) electrons. The second-order valence-electron chi connectivity index (χ2n) is 6.48. The van der Waals surface area contributed by atoms with E-state index < -0.39 is 0 Å². The van der Waals surface area contributed by atoms with Crippen LogP contribution in [0.25, 0.3) is 12.2 Å². The van der Waals surface area contributed by atoms with E-state index in [0.717, 1.165) is 32.1 Å². The minimum Gasteiger partial charge on any atom is -0.300 e. The molecule has 2 rings (SSSR count). The molecule has 0 spiro atoms. The molecule has 0 heterocycles. The van der Waals surface area contributed by atoms with E-state index in [1.165, 1.54) is 23.1 Å². The first-order chi connectivity index (χ1) is 11.2. The smallest absolute Gasteiger partial charge is 0.133 e. The number of hydrogen-bond acceptors (Lipinski definition) is 1. The predicted octanol–water partition coefficient (Wildman–Crippen LogP) is 6.22. The van der Waals surface area contributed by atoms with Gasteiger partial charge in [0.05, 0.1) is 0 Å². The van der Waals surface area contributed by atoms with Crippen LogP contribution >= 0.6 is 0 Å². The molecule has 0 amide bonds. The summed E-state index contributed by atoms with van der Waals surface area (Å²) in [6.07, 6.45) is 17.1. The summed E-state index contributed by atoms with van der Waals surface area (Å²) < 4.78 is 0. The number of Topliss-reactive ketones (excluding diaryl/α,β-unsaturated/α-hetero) is 1. The van der Waals surface area contributed by atoms with E-state index in [1.807, 2.05) is 0 Å². The Bertz CT molecular complexity index is 604. The molecule has 1 nitrogen and oxygen atoms in total. The molecule has 1 aliphatic rings. The Kier molecular flexibility index (Phi) is 7.06. The zero-order valence-corrected chi connectivity index (χ0v) is 14.4. The van der Waals surface area contributed by atoms with E-state index in [4.69, 9.17) is 0 Å². The first-order valence-electron chi connectivity index (χ1n) is 8.76. The van der Waals surface area contributed by atoms with Gasteiger partial charge < -0.3 is 0 Å². The van der Waals surface area contributed by atoms with E-state index in [-0.39, 0.29) is 0 Å². The third kappa shape index (κ3) is 6.02. The van der Waals surface area contributed by atoms with Gasteiger partial charge in [-0.3, -0.25) is 4.79 Å². The topological polar surface area (TPSA) is 17.1 Å². The molecular weight excluding hydrogens is 280 g/mol. The maximum Gasteiger partial charge on any atom is 0.133 e. The number of carbonyl (C=O) groups excluding carboxylic acids is 1. The van der Waals surface area contributed by atoms with Gasteiger partial charge in [0.15, 0.2) is 0 Å². The van der Waals surface area contributed by atoms with Gasteiger partial charge in [0.25, 0.3) is 0 Å². The molecule has 1 aromatic rings. The third-order valence-electron chi connectivity index (χ3n) is 4.38. The Morgan fingerprint density at radius 2 is 2.04 bits per heavy atom. The summed E-state index contributed by atoms with van der Waals surface area (Å²) in [6, 6.07) is 8.51. The maximum atomic E-state index is 11.2. The van der Waals surface area contributed by atoms with Crippen LogP contribution in [-0.4, -0.2) is 5.78 Å². The Balaban J connectivity index is 1.79. The number of carbonyl (C=O) groups is 1. The molecule has 1 saturated carbocycles. The summed E-state index contributed by atoms with van der Waals surface area (Å²) in [4.78, 5) is 11.2. The van der Waals surface area contributed by atoms with Crippen LogP contribution in [0.5, 0.6) is 0 Å². The molecule has 0 bridgehead atoms. The Morgan fingerprint density at radius 3 is 2.74 bits per heavy atom. The minimum absolute atomic E-state index is 0.429. The quantitative estimate of drug-likeness (QED) is 0.432. The highest BCUT2D eigenvalue weighted by Crippen LogP contribution is 2.23. The van der Waals surface area contributed by atoms with Crippen molar-refractivity contribution in [1.82, 2.24) is 0 Å². The monoisotopic (exact) mass is 308 g/mol. The van der Waals surface area contributed by atoms with Crippen molar-refractivity contribution < 1.29 is 4.79 Å². The first kappa shape index (κ1) is 17.5. The van der Waals surface area contributed by atoms with Gasteiger partial charge in [-0.05, 0) is 56.6 Å². The van der Waals surface area contributed by atoms with E-state index in [2.05, 4.69) is 68.5 Å². The lowest BCUT2D eigenvalue weighted by Crippen LogP contribution is -1.90. The first-order valence-corrected chi connectivity index (χ1v) is 8.76. The number of ketones is 1. The molecule has 0 saturated heterocycles. The highest BCUT2D eigenvalue weighted by molar-refractivity contribution is 5.80. The highest BCUT2D eigenvalue weighted by atomic mass is 16.1. The van der Waals surface area contributed by atoms with E-state index in [0.29, 0.717) is 11.7 Å². The number of rotatable bonds is 7. The molecule has 122 valence electrons. The second kappa shape index (κ2) is 9.29. The minimum atomic E-state index is 0.429. The zero-order valence-electron chi connectivity index (χ0n) is 14.4. The van der Waals surface area contributed by atoms with Gasteiger partial charge in [0.1, 0.15) is 5.78 Å². The molecule has 23 heavy (non-hydrogen) atoms. The SMILES string of the molecule is C/C=C\c1ccccc1/C=C(\C)CCC/C=C/[C@H]1CCC(=O)C1. The van der Waals surface area contributed by atoms with Gasteiger partial charge in [-0.25, -0.2) is 0 Å². The fourth-order valence-corrected chi connectivity index (χ4v) is 3.11. The van der Waals surface area contributed by atoms with Crippen LogP contribution in [0.3, 0.4) is 0 Å². The van der Waals surface area contributed by atoms with Crippen molar-refractivity contribution in [3.05, 3.63) is 59.2 Å². The maximum absolute atomic E-state index is 11.2. The largest absolute Gasteiger partial charge is 0.300 e. The molecule has 1 aromatic carbocycles. The Morgan fingerprint density at radius 1 is 1.26 bits per heavy atom. The fourth-order valence-electron chi connectivity index (χ4n) is 3.11. The third-order valence-corrected chi connectivity index (χ3v) is 4.38. The van der Waals surface area contributed by atoms with Crippen molar-refractivity contribution in [1.29, 1.82) is 0 Å². The molecule has 1 fully saturated rings. The lowest BCUT2D eigenvalue weighted by atomic mass is 10.0. The summed E-state index contributed by atoms with van der Waals surface area (Å²) in [7, 11) is 0.